The minimum atomic E-state index is -4.78. The molecule has 35 heavy (non-hydrogen) atoms. The smallest absolute Gasteiger partial charge is 0.481 e. The Morgan fingerprint density at radius 2 is 1.71 bits per heavy atom. The molecule has 1 aliphatic carbocycles. The number of ether oxygens (including phenoxy) is 1. The summed E-state index contributed by atoms with van der Waals surface area (Å²) in [5, 5.41) is 12.2. The standard InChI is InChI=1S/C25H24F4N2O4/c26-21-10-9-20(24(34)30-17-5-1-15(2-6-17)13-22(32)33)23-19(21)11-12-31(23)14-16-3-7-18(8-4-16)35-25(27,28)29/h3-4,7-12,15,17H,1-2,5-6,13-14H2,(H,30,34)(H,32,33). The maximum absolute atomic E-state index is 14.5. The number of benzene rings is 2. The Kier molecular flexibility index (Phi) is 7.00. The van der Waals surface area contributed by atoms with Gasteiger partial charge in [-0.2, -0.15) is 0 Å². The number of hydrogen-bond acceptors (Lipinski definition) is 3. The number of carbonyl (C=O) groups is 2. The summed E-state index contributed by atoms with van der Waals surface area (Å²) >= 11 is 0. The highest BCUT2D eigenvalue weighted by molar-refractivity contribution is 6.06. The van der Waals surface area contributed by atoms with Crippen molar-refractivity contribution in [2.24, 2.45) is 5.92 Å². The van der Waals surface area contributed by atoms with E-state index >= 15 is 0 Å². The number of aromatic nitrogens is 1. The SMILES string of the molecule is O=C(O)CC1CCC(NC(=O)c2ccc(F)c3ccn(Cc4ccc(OC(F)(F)F)cc4)c23)CC1. The van der Waals surface area contributed by atoms with Gasteiger partial charge in [0.2, 0.25) is 0 Å². The molecule has 2 aromatic carbocycles. The fraction of sp³-hybridized carbons (Fsp3) is 0.360. The summed E-state index contributed by atoms with van der Waals surface area (Å²) in [6.45, 7) is 0.208. The Hall–Kier alpha value is -3.56. The lowest BCUT2D eigenvalue weighted by atomic mass is 9.84. The highest BCUT2D eigenvalue weighted by Gasteiger charge is 2.31. The summed E-state index contributed by atoms with van der Waals surface area (Å²) in [5.41, 5.74) is 1.32. The molecule has 1 saturated carbocycles. The van der Waals surface area contributed by atoms with Crippen molar-refractivity contribution in [1.82, 2.24) is 9.88 Å². The van der Waals surface area contributed by atoms with Gasteiger partial charge in [-0.05, 0) is 67.5 Å². The molecule has 0 radical (unpaired) electrons. The number of hydrogen-bond donors (Lipinski definition) is 2. The van der Waals surface area contributed by atoms with E-state index in [4.69, 9.17) is 5.11 Å². The number of nitrogens with one attached hydrogen (secondary N) is 1. The molecular weight excluding hydrogens is 468 g/mol. The lowest BCUT2D eigenvalue weighted by molar-refractivity contribution is -0.274. The zero-order chi connectivity index (χ0) is 25.2. The van der Waals surface area contributed by atoms with Crippen LogP contribution < -0.4 is 10.1 Å². The maximum atomic E-state index is 14.5. The van der Waals surface area contributed by atoms with Gasteiger partial charge in [-0.25, -0.2) is 4.39 Å². The molecule has 0 spiro atoms. The number of aliphatic carboxylic acids is 1. The van der Waals surface area contributed by atoms with Gasteiger partial charge >= 0.3 is 12.3 Å². The topological polar surface area (TPSA) is 80.6 Å². The van der Waals surface area contributed by atoms with Gasteiger partial charge in [-0.1, -0.05) is 12.1 Å². The molecule has 0 saturated heterocycles. The number of halogens is 4. The predicted molar refractivity (Wildman–Crippen MR) is 120 cm³/mol. The summed E-state index contributed by atoms with van der Waals surface area (Å²) in [5.74, 6) is -1.91. The monoisotopic (exact) mass is 492 g/mol. The number of nitrogens with zero attached hydrogens (tertiary/aromatic N) is 1. The molecular formula is C25H24F4N2O4. The van der Waals surface area contributed by atoms with Gasteiger partial charge in [0.05, 0.1) is 11.1 Å². The summed E-state index contributed by atoms with van der Waals surface area (Å²) < 4.78 is 57.2. The third kappa shape index (κ3) is 6.12. The average Bonchev–Trinajstić information content (AvgIpc) is 3.20. The largest absolute Gasteiger partial charge is 0.573 e. The molecule has 0 atom stereocenters. The first-order valence-electron chi connectivity index (χ1n) is 11.2. The van der Waals surface area contributed by atoms with Crippen LogP contribution in [0.3, 0.4) is 0 Å². The summed E-state index contributed by atoms with van der Waals surface area (Å²) in [6, 6.07) is 9.45. The predicted octanol–water partition coefficient (Wildman–Crippen LogP) is 5.49. The van der Waals surface area contributed by atoms with Crippen molar-refractivity contribution in [3.8, 4) is 5.75 Å². The normalized spacial score (nSPS) is 18.4. The van der Waals surface area contributed by atoms with Crippen LogP contribution in [0.1, 0.15) is 48.0 Å². The van der Waals surface area contributed by atoms with Crippen LogP contribution in [0.5, 0.6) is 5.75 Å². The van der Waals surface area contributed by atoms with Crippen LogP contribution >= 0.6 is 0 Å². The minimum Gasteiger partial charge on any atom is -0.481 e. The molecule has 1 aliphatic rings. The molecule has 6 nitrogen and oxygen atoms in total. The maximum Gasteiger partial charge on any atom is 0.573 e. The minimum absolute atomic E-state index is 0.0998. The highest BCUT2D eigenvalue weighted by Crippen LogP contribution is 2.29. The number of carboxylic acid groups (broad SMARTS) is 1. The van der Waals surface area contributed by atoms with E-state index in [1.807, 2.05) is 0 Å². The van der Waals surface area contributed by atoms with E-state index in [-0.39, 0.29) is 47.5 Å². The fourth-order valence-electron chi connectivity index (χ4n) is 4.62. The van der Waals surface area contributed by atoms with E-state index in [2.05, 4.69) is 10.1 Å². The van der Waals surface area contributed by atoms with E-state index in [0.29, 0.717) is 36.8 Å². The van der Waals surface area contributed by atoms with Crippen molar-refractivity contribution >= 4 is 22.8 Å². The van der Waals surface area contributed by atoms with Gasteiger partial charge in [-0.3, -0.25) is 9.59 Å². The van der Waals surface area contributed by atoms with Crippen LogP contribution in [-0.2, 0) is 11.3 Å². The van der Waals surface area contributed by atoms with Crippen LogP contribution in [0.4, 0.5) is 17.6 Å². The molecule has 1 amide bonds. The third-order valence-electron chi connectivity index (χ3n) is 6.27. The summed E-state index contributed by atoms with van der Waals surface area (Å²) in [6.07, 6.45) is -0.283. The molecule has 186 valence electrons. The highest BCUT2D eigenvalue weighted by atomic mass is 19.4. The van der Waals surface area contributed by atoms with Crippen molar-refractivity contribution in [2.45, 2.75) is 51.1 Å². The van der Waals surface area contributed by atoms with Gasteiger partial charge < -0.3 is 19.7 Å². The van der Waals surface area contributed by atoms with Crippen molar-refractivity contribution in [2.75, 3.05) is 0 Å². The third-order valence-corrected chi connectivity index (χ3v) is 6.27. The van der Waals surface area contributed by atoms with E-state index in [1.54, 1.807) is 16.8 Å². The van der Waals surface area contributed by atoms with Gasteiger partial charge in [0.1, 0.15) is 11.6 Å². The molecule has 10 heteroatoms. The Balaban J connectivity index is 1.51. The Morgan fingerprint density at radius 1 is 1.03 bits per heavy atom. The van der Waals surface area contributed by atoms with E-state index in [1.165, 1.54) is 36.4 Å². The van der Waals surface area contributed by atoms with Gasteiger partial charge in [0, 0.05) is 30.6 Å². The first kappa shape index (κ1) is 24.6. The van der Waals surface area contributed by atoms with Crippen LogP contribution in [0.15, 0.2) is 48.7 Å². The molecule has 2 N–H and O–H groups in total. The van der Waals surface area contributed by atoms with Crippen LogP contribution in [0.2, 0.25) is 0 Å². The second kappa shape index (κ2) is 9.97. The van der Waals surface area contributed by atoms with Crippen LogP contribution in [-0.4, -0.2) is 34.0 Å². The number of rotatable bonds is 7. The molecule has 1 fully saturated rings. The van der Waals surface area contributed by atoms with Gasteiger partial charge in [0.15, 0.2) is 0 Å². The Morgan fingerprint density at radius 3 is 2.34 bits per heavy atom. The van der Waals surface area contributed by atoms with Gasteiger partial charge in [-0.15, -0.1) is 13.2 Å². The number of alkyl halides is 3. The van der Waals surface area contributed by atoms with Crippen LogP contribution in [0.25, 0.3) is 10.9 Å². The van der Waals surface area contributed by atoms with Gasteiger partial charge in [0.25, 0.3) is 5.91 Å². The first-order valence-corrected chi connectivity index (χ1v) is 11.2. The van der Waals surface area contributed by atoms with Crippen molar-refractivity contribution < 1.29 is 37.0 Å². The summed E-state index contributed by atoms with van der Waals surface area (Å²) in [7, 11) is 0. The second-order valence-electron chi connectivity index (χ2n) is 8.78. The van der Waals surface area contributed by atoms with E-state index in [9.17, 15) is 27.2 Å². The second-order valence-corrected chi connectivity index (χ2v) is 8.78. The van der Waals surface area contributed by atoms with Crippen molar-refractivity contribution in [3.05, 3.63) is 65.6 Å². The Bertz CT molecular complexity index is 1210. The molecule has 0 aliphatic heterocycles. The molecule has 4 rings (SSSR count). The number of amides is 1. The molecule has 0 unspecified atom stereocenters. The molecule has 3 aromatic rings. The quantitative estimate of drug-likeness (QED) is 0.428. The summed E-state index contributed by atoms with van der Waals surface area (Å²) in [4.78, 5) is 24.0. The van der Waals surface area contributed by atoms with Crippen molar-refractivity contribution in [1.29, 1.82) is 0 Å². The van der Waals surface area contributed by atoms with E-state index < -0.39 is 18.1 Å². The average molecular weight is 492 g/mol. The fourth-order valence-corrected chi connectivity index (χ4v) is 4.62. The number of fused-ring (bicyclic) bond motifs is 1. The van der Waals surface area contributed by atoms with Crippen LogP contribution in [0, 0.1) is 11.7 Å². The zero-order valence-electron chi connectivity index (χ0n) is 18.6. The molecule has 1 aromatic heterocycles. The Labute approximate surface area is 198 Å². The number of carboxylic acids is 1. The molecule has 0 bridgehead atoms. The lowest BCUT2D eigenvalue weighted by Gasteiger charge is -2.28. The van der Waals surface area contributed by atoms with Crippen molar-refractivity contribution in [3.63, 3.8) is 0 Å². The van der Waals surface area contributed by atoms with E-state index in [0.717, 1.165) is 0 Å². The number of carbonyl (C=O) groups excluding carboxylic acids is 1. The lowest BCUT2D eigenvalue weighted by Crippen LogP contribution is -2.38. The first-order chi connectivity index (χ1) is 16.6. The molecule has 1 heterocycles. The zero-order valence-corrected chi connectivity index (χ0v) is 18.6.